The van der Waals surface area contributed by atoms with Crippen LogP contribution in [0, 0.1) is 0 Å². The Balaban J connectivity index is 1.42. The van der Waals surface area contributed by atoms with E-state index in [1.807, 2.05) is 0 Å². The van der Waals surface area contributed by atoms with E-state index in [0.29, 0.717) is 0 Å². The summed E-state index contributed by atoms with van der Waals surface area (Å²) in [5.41, 5.74) is 8.26. The molecule has 0 saturated heterocycles. The van der Waals surface area contributed by atoms with Crippen molar-refractivity contribution in [3.05, 3.63) is 188 Å². The first kappa shape index (κ1) is 27.2. The van der Waals surface area contributed by atoms with E-state index in [-0.39, 0.29) is 0 Å². The van der Waals surface area contributed by atoms with Crippen LogP contribution in [-0.4, -0.2) is 0 Å². The van der Waals surface area contributed by atoms with Crippen molar-refractivity contribution in [3.63, 3.8) is 0 Å². The Morgan fingerprint density at radius 1 is 0.277 bits per heavy atom. The predicted octanol–water partition coefficient (Wildman–Crippen LogP) is 13.1. The first-order chi connectivity index (χ1) is 23.3. The Bertz CT molecular complexity index is 2530. The molecular formula is C46H31N. The van der Waals surface area contributed by atoms with Gasteiger partial charge < -0.3 is 4.90 Å². The molecule has 0 aliphatic heterocycles. The second-order valence-corrected chi connectivity index (χ2v) is 12.2. The van der Waals surface area contributed by atoms with Gasteiger partial charge in [0, 0.05) is 17.1 Å². The monoisotopic (exact) mass is 597 g/mol. The SMILES string of the molecule is c1ccc(N(c2ccccc2)c2cc(-c3ccc4ccccc4c3)c3cc4ccccc4c(-c4ccc5ccccc5c4)c3c2)cc1. The van der Waals surface area contributed by atoms with Gasteiger partial charge in [-0.15, -0.1) is 0 Å². The van der Waals surface area contributed by atoms with Crippen molar-refractivity contribution in [2.75, 3.05) is 4.90 Å². The maximum atomic E-state index is 2.40. The predicted molar refractivity (Wildman–Crippen MR) is 202 cm³/mol. The molecule has 9 aromatic carbocycles. The molecule has 0 aliphatic carbocycles. The summed E-state index contributed by atoms with van der Waals surface area (Å²) in [5.74, 6) is 0. The highest BCUT2D eigenvalue weighted by atomic mass is 15.1. The molecule has 9 rings (SSSR count). The average molecular weight is 598 g/mol. The molecule has 0 radical (unpaired) electrons. The minimum Gasteiger partial charge on any atom is -0.310 e. The molecule has 220 valence electrons. The summed E-state index contributed by atoms with van der Waals surface area (Å²) in [6, 6.07) is 68.4. The number of rotatable bonds is 5. The van der Waals surface area contributed by atoms with Crippen LogP contribution in [0.5, 0.6) is 0 Å². The molecule has 0 heterocycles. The van der Waals surface area contributed by atoms with E-state index in [1.165, 1.54) is 65.3 Å². The average Bonchev–Trinajstić information content (AvgIpc) is 3.14. The van der Waals surface area contributed by atoms with Crippen LogP contribution >= 0.6 is 0 Å². The minimum absolute atomic E-state index is 1.12. The van der Waals surface area contributed by atoms with Gasteiger partial charge in [-0.3, -0.25) is 0 Å². The van der Waals surface area contributed by atoms with Crippen molar-refractivity contribution in [1.82, 2.24) is 0 Å². The lowest BCUT2D eigenvalue weighted by Gasteiger charge is -2.27. The third kappa shape index (κ3) is 4.81. The molecule has 0 aromatic heterocycles. The fraction of sp³-hybridized carbons (Fsp3) is 0. The molecular weight excluding hydrogens is 567 g/mol. The summed E-state index contributed by atoms with van der Waals surface area (Å²) in [6.45, 7) is 0. The van der Waals surface area contributed by atoms with Gasteiger partial charge in [-0.05, 0) is 120 Å². The van der Waals surface area contributed by atoms with Gasteiger partial charge in [-0.2, -0.15) is 0 Å². The molecule has 0 amide bonds. The highest BCUT2D eigenvalue weighted by Crippen LogP contribution is 2.46. The van der Waals surface area contributed by atoms with E-state index in [1.54, 1.807) is 0 Å². The summed E-state index contributed by atoms with van der Waals surface area (Å²) in [4.78, 5) is 2.38. The van der Waals surface area contributed by atoms with Crippen LogP contribution in [0.25, 0.3) is 65.3 Å². The zero-order valence-corrected chi connectivity index (χ0v) is 25.8. The normalized spacial score (nSPS) is 11.4. The van der Waals surface area contributed by atoms with Crippen molar-refractivity contribution >= 4 is 60.2 Å². The number of benzene rings is 9. The Hall–Kier alpha value is -6.18. The van der Waals surface area contributed by atoms with E-state index >= 15 is 0 Å². The fourth-order valence-electron chi connectivity index (χ4n) is 7.13. The number of nitrogens with zero attached hydrogens (tertiary/aromatic N) is 1. The lowest BCUT2D eigenvalue weighted by molar-refractivity contribution is 1.29. The molecule has 0 fully saturated rings. The zero-order chi connectivity index (χ0) is 31.2. The fourth-order valence-corrected chi connectivity index (χ4v) is 7.13. The van der Waals surface area contributed by atoms with Gasteiger partial charge in [0.1, 0.15) is 0 Å². The number of para-hydroxylation sites is 2. The van der Waals surface area contributed by atoms with E-state index in [4.69, 9.17) is 0 Å². The highest BCUT2D eigenvalue weighted by Gasteiger charge is 2.19. The number of fused-ring (bicyclic) bond motifs is 4. The third-order valence-corrected chi connectivity index (χ3v) is 9.35. The summed E-state index contributed by atoms with van der Waals surface area (Å²) >= 11 is 0. The smallest absolute Gasteiger partial charge is 0.0474 e. The van der Waals surface area contributed by atoms with Crippen LogP contribution < -0.4 is 4.90 Å². The maximum Gasteiger partial charge on any atom is 0.0474 e. The Kier molecular flexibility index (Phi) is 6.54. The van der Waals surface area contributed by atoms with Crippen LogP contribution in [0.1, 0.15) is 0 Å². The van der Waals surface area contributed by atoms with Crippen LogP contribution in [-0.2, 0) is 0 Å². The largest absolute Gasteiger partial charge is 0.310 e. The topological polar surface area (TPSA) is 3.24 Å². The molecule has 0 N–H and O–H groups in total. The second-order valence-electron chi connectivity index (χ2n) is 12.2. The molecule has 0 unspecified atom stereocenters. The number of hydrogen-bond acceptors (Lipinski definition) is 1. The first-order valence-corrected chi connectivity index (χ1v) is 16.2. The molecule has 0 atom stereocenters. The summed E-state index contributed by atoms with van der Waals surface area (Å²) < 4.78 is 0. The Morgan fingerprint density at radius 2 is 0.787 bits per heavy atom. The number of hydrogen-bond donors (Lipinski definition) is 0. The molecule has 1 heteroatoms. The highest BCUT2D eigenvalue weighted by molar-refractivity contribution is 6.18. The van der Waals surface area contributed by atoms with E-state index < -0.39 is 0 Å². The van der Waals surface area contributed by atoms with Crippen LogP contribution in [0.15, 0.2) is 188 Å². The van der Waals surface area contributed by atoms with Gasteiger partial charge in [0.05, 0.1) is 0 Å². The van der Waals surface area contributed by atoms with Crippen molar-refractivity contribution < 1.29 is 0 Å². The molecule has 47 heavy (non-hydrogen) atoms. The van der Waals surface area contributed by atoms with Crippen LogP contribution in [0.2, 0.25) is 0 Å². The molecule has 1 nitrogen and oxygen atoms in total. The lowest BCUT2D eigenvalue weighted by Crippen LogP contribution is -2.10. The lowest BCUT2D eigenvalue weighted by atomic mass is 9.87. The van der Waals surface area contributed by atoms with Gasteiger partial charge >= 0.3 is 0 Å². The summed E-state index contributed by atoms with van der Waals surface area (Å²) in [6.07, 6.45) is 0. The molecule has 0 spiro atoms. The van der Waals surface area contributed by atoms with Crippen LogP contribution in [0.4, 0.5) is 17.1 Å². The van der Waals surface area contributed by atoms with Crippen molar-refractivity contribution in [3.8, 4) is 22.3 Å². The zero-order valence-electron chi connectivity index (χ0n) is 25.8. The third-order valence-electron chi connectivity index (χ3n) is 9.35. The summed E-state index contributed by atoms with van der Waals surface area (Å²) in [5, 5.41) is 9.94. The van der Waals surface area contributed by atoms with E-state index in [9.17, 15) is 0 Å². The van der Waals surface area contributed by atoms with Gasteiger partial charge in [-0.25, -0.2) is 0 Å². The van der Waals surface area contributed by atoms with Gasteiger partial charge in [-0.1, -0.05) is 133 Å². The molecule has 0 aliphatic rings. The Morgan fingerprint density at radius 3 is 1.43 bits per heavy atom. The first-order valence-electron chi connectivity index (χ1n) is 16.2. The molecule has 0 saturated carbocycles. The van der Waals surface area contributed by atoms with E-state index in [2.05, 4.69) is 193 Å². The minimum atomic E-state index is 1.12. The van der Waals surface area contributed by atoms with Gasteiger partial charge in [0.15, 0.2) is 0 Å². The maximum absolute atomic E-state index is 2.40. The summed E-state index contributed by atoms with van der Waals surface area (Å²) in [7, 11) is 0. The van der Waals surface area contributed by atoms with Crippen molar-refractivity contribution in [2.24, 2.45) is 0 Å². The van der Waals surface area contributed by atoms with Crippen molar-refractivity contribution in [2.45, 2.75) is 0 Å². The quantitative estimate of drug-likeness (QED) is 0.178. The molecule has 9 aromatic rings. The molecule has 0 bridgehead atoms. The number of anilines is 3. The van der Waals surface area contributed by atoms with Gasteiger partial charge in [0.25, 0.3) is 0 Å². The van der Waals surface area contributed by atoms with Gasteiger partial charge in [0.2, 0.25) is 0 Å². The van der Waals surface area contributed by atoms with Crippen molar-refractivity contribution in [1.29, 1.82) is 0 Å². The van der Waals surface area contributed by atoms with E-state index in [0.717, 1.165) is 17.1 Å². The Labute approximate surface area is 274 Å². The second kappa shape index (κ2) is 11.3. The standard InChI is InChI=1S/C46H31N/c1-3-18-39(19-4-1)47(40-20-5-2-6-21-40)41-30-43(37-25-23-32-13-7-9-15-34(32)27-37)44-29-36-17-11-12-22-42(36)46(45(44)31-41)38-26-24-33-14-8-10-16-35(33)28-38/h1-31H. The van der Waals surface area contributed by atoms with Crippen LogP contribution in [0.3, 0.4) is 0 Å².